The Bertz CT molecular complexity index is 1170. The summed E-state index contributed by atoms with van der Waals surface area (Å²) in [5.41, 5.74) is 1.75. The van der Waals surface area contributed by atoms with Crippen molar-refractivity contribution >= 4 is 23.4 Å². The lowest BCUT2D eigenvalue weighted by Gasteiger charge is -2.15. The predicted octanol–water partition coefficient (Wildman–Crippen LogP) is 4.77. The first-order chi connectivity index (χ1) is 17.0. The topological polar surface area (TPSA) is 97.4 Å². The van der Waals surface area contributed by atoms with Crippen LogP contribution in [0, 0.1) is 0 Å². The molecule has 3 aromatic rings. The zero-order valence-corrected chi connectivity index (χ0v) is 20.5. The second-order valence-corrected chi connectivity index (χ2v) is 7.09. The first kappa shape index (κ1) is 25.2. The zero-order valence-electron chi connectivity index (χ0n) is 20.5. The molecule has 1 heterocycles. The molecule has 0 aliphatic carbocycles. The Balaban J connectivity index is 1.91. The molecular formula is C26H28N2O7. The molecule has 0 spiro atoms. The molecule has 35 heavy (non-hydrogen) atoms. The number of ketones is 1. The van der Waals surface area contributed by atoms with E-state index in [9.17, 15) is 4.79 Å². The molecule has 0 saturated carbocycles. The molecule has 184 valence electrons. The van der Waals surface area contributed by atoms with E-state index in [-0.39, 0.29) is 5.78 Å². The fourth-order valence-electron chi connectivity index (χ4n) is 3.43. The van der Waals surface area contributed by atoms with E-state index in [1.807, 2.05) is 6.07 Å². The smallest absolute Gasteiger partial charge is 0.203 e. The third-order valence-electron chi connectivity index (χ3n) is 5.13. The maximum absolute atomic E-state index is 12.9. The van der Waals surface area contributed by atoms with Crippen LogP contribution in [0.5, 0.6) is 34.5 Å². The highest BCUT2D eigenvalue weighted by Crippen LogP contribution is 2.41. The van der Waals surface area contributed by atoms with Crippen molar-refractivity contribution in [3.8, 4) is 34.5 Å². The van der Waals surface area contributed by atoms with E-state index >= 15 is 0 Å². The second kappa shape index (κ2) is 11.6. The number of rotatable bonds is 11. The molecule has 9 nitrogen and oxygen atoms in total. The molecule has 0 fully saturated rings. The lowest BCUT2D eigenvalue weighted by Crippen LogP contribution is -2.01. The van der Waals surface area contributed by atoms with E-state index in [2.05, 4.69) is 10.3 Å². The van der Waals surface area contributed by atoms with E-state index in [1.54, 1.807) is 63.9 Å². The molecule has 1 N–H and O–H groups in total. The number of carbonyl (C=O) groups excluding carboxylic acids is 1. The normalized spacial score (nSPS) is 10.6. The van der Waals surface area contributed by atoms with Crippen molar-refractivity contribution in [2.24, 2.45) is 0 Å². The summed E-state index contributed by atoms with van der Waals surface area (Å²) >= 11 is 0. The van der Waals surface area contributed by atoms with Gasteiger partial charge in [0.2, 0.25) is 11.5 Å². The third kappa shape index (κ3) is 5.57. The first-order valence-corrected chi connectivity index (χ1v) is 10.5. The quantitative estimate of drug-likeness (QED) is 0.307. The molecule has 0 radical (unpaired) electrons. The number of allylic oxidation sites excluding steroid dienone is 1. The molecule has 1 aromatic heterocycles. The number of ether oxygens (including phenoxy) is 6. The van der Waals surface area contributed by atoms with Gasteiger partial charge in [-0.1, -0.05) is 0 Å². The number of pyridine rings is 1. The van der Waals surface area contributed by atoms with Crippen LogP contribution in [0.1, 0.15) is 15.9 Å². The van der Waals surface area contributed by atoms with Crippen molar-refractivity contribution in [1.29, 1.82) is 0 Å². The summed E-state index contributed by atoms with van der Waals surface area (Å²) < 4.78 is 32.2. The van der Waals surface area contributed by atoms with E-state index in [0.29, 0.717) is 57.1 Å². The average molecular weight is 481 g/mol. The zero-order chi connectivity index (χ0) is 25.4. The van der Waals surface area contributed by atoms with Crippen LogP contribution in [0.2, 0.25) is 0 Å². The highest BCUT2D eigenvalue weighted by Gasteiger charge is 2.17. The highest BCUT2D eigenvalue weighted by atomic mass is 16.5. The molecule has 2 aromatic carbocycles. The molecule has 9 heteroatoms. The summed E-state index contributed by atoms with van der Waals surface area (Å²) in [6.07, 6.45) is 4.79. The summed E-state index contributed by atoms with van der Waals surface area (Å²) in [4.78, 5) is 17.3. The van der Waals surface area contributed by atoms with Gasteiger partial charge in [0, 0.05) is 35.1 Å². The number of hydrogen-bond donors (Lipinski definition) is 1. The fourth-order valence-corrected chi connectivity index (χ4v) is 3.43. The number of nitrogens with one attached hydrogen (secondary N) is 1. The Morgan fingerprint density at radius 3 is 1.77 bits per heavy atom. The molecule has 0 saturated heterocycles. The van der Waals surface area contributed by atoms with Crippen molar-refractivity contribution in [3.63, 3.8) is 0 Å². The van der Waals surface area contributed by atoms with Gasteiger partial charge in [-0.2, -0.15) is 0 Å². The van der Waals surface area contributed by atoms with Gasteiger partial charge in [0.05, 0.1) is 42.7 Å². The fraction of sp³-hybridized carbons (Fsp3) is 0.231. The minimum Gasteiger partial charge on any atom is -0.493 e. The summed E-state index contributed by atoms with van der Waals surface area (Å²) in [5.74, 6) is 2.99. The molecular weight excluding hydrogens is 452 g/mol. The van der Waals surface area contributed by atoms with E-state index < -0.39 is 0 Å². The van der Waals surface area contributed by atoms with Crippen molar-refractivity contribution < 1.29 is 33.2 Å². The van der Waals surface area contributed by atoms with Crippen LogP contribution < -0.4 is 33.7 Å². The van der Waals surface area contributed by atoms with Gasteiger partial charge in [-0.05, 0) is 36.4 Å². The number of nitrogens with zero attached hydrogens (tertiary/aromatic N) is 1. The lowest BCUT2D eigenvalue weighted by molar-refractivity contribution is 0.104. The van der Waals surface area contributed by atoms with E-state index in [1.165, 1.54) is 27.4 Å². The van der Waals surface area contributed by atoms with Crippen LogP contribution in [0.25, 0.3) is 6.08 Å². The van der Waals surface area contributed by atoms with Crippen LogP contribution in [0.4, 0.5) is 11.5 Å². The van der Waals surface area contributed by atoms with Gasteiger partial charge in [-0.25, -0.2) is 4.98 Å². The van der Waals surface area contributed by atoms with Crippen LogP contribution in [-0.2, 0) is 0 Å². The summed E-state index contributed by atoms with van der Waals surface area (Å²) in [6.45, 7) is 0. The number of methoxy groups -OCH3 is 6. The third-order valence-corrected chi connectivity index (χ3v) is 5.13. The van der Waals surface area contributed by atoms with Gasteiger partial charge in [-0.3, -0.25) is 4.79 Å². The Kier molecular flexibility index (Phi) is 8.39. The Morgan fingerprint density at radius 2 is 1.29 bits per heavy atom. The van der Waals surface area contributed by atoms with Crippen molar-refractivity contribution in [1.82, 2.24) is 4.98 Å². The molecule has 0 bridgehead atoms. The van der Waals surface area contributed by atoms with Crippen LogP contribution >= 0.6 is 0 Å². The Morgan fingerprint density at radius 1 is 0.771 bits per heavy atom. The predicted molar refractivity (Wildman–Crippen MR) is 133 cm³/mol. The molecule has 3 rings (SSSR count). The van der Waals surface area contributed by atoms with Gasteiger partial charge < -0.3 is 33.7 Å². The lowest BCUT2D eigenvalue weighted by atomic mass is 10.1. The Hall–Kier alpha value is -4.40. The van der Waals surface area contributed by atoms with Crippen molar-refractivity contribution in [3.05, 3.63) is 59.8 Å². The van der Waals surface area contributed by atoms with Crippen molar-refractivity contribution in [2.45, 2.75) is 0 Å². The monoisotopic (exact) mass is 480 g/mol. The minimum atomic E-state index is -0.244. The number of benzene rings is 2. The number of aromatic nitrogens is 1. The van der Waals surface area contributed by atoms with Crippen LogP contribution in [-0.4, -0.2) is 53.4 Å². The first-order valence-electron chi connectivity index (χ1n) is 10.5. The number of hydrogen-bond acceptors (Lipinski definition) is 9. The minimum absolute atomic E-state index is 0.244. The summed E-state index contributed by atoms with van der Waals surface area (Å²) in [7, 11) is 9.14. The maximum Gasteiger partial charge on any atom is 0.203 e. The van der Waals surface area contributed by atoms with Gasteiger partial charge in [0.15, 0.2) is 28.8 Å². The Labute approximate surface area is 204 Å². The standard InChI is InChI=1S/C26H28N2O7/c1-30-20-12-17(13-21(31-2)24(20)34-5)19(29)10-9-16-8-7-11-27-26(16)28-18-14-22(32-3)25(35-6)23(15-18)33-4/h7-15H,1-6H3,(H,27,28)/b10-9+. The summed E-state index contributed by atoms with van der Waals surface area (Å²) in [5, 5.41) is 3.24. The molecule has 0 aliphatic heterocycles. The van der Waals surface area contributed by atoms with Crippen molar-refractivity contribution in [2.75, 3.05) is 48.0 Å². The van der Waals surface area contributed by atoms with E-state index in [0.717, 1.165) is 0 Å². The molecule has 0 unspecified atom stereocenters. The van der Waals surface area contributed by atoms with E-state index in [4.69, 9.17) is 28.4 Å². The second-order valence-electron chi connectivity index (χ2n) is 7.09. The maximum atomic E-state index is 12.9. The molecule has 0 atom stereocenters. The average Bonchev–Trinajstić information content (AvgIpc) is 2.90. The highest BCUT2D eigenvalue weighted by molar-refractivity contribution is 6.07. The number of anilines is 2. The molecule has 0 aliphatic rings. The van der Waals surface area contributed by atoms with Gasteiger partial charge in [0.1, 0.15) is 5.82 Å². The number of carbonyl (C=O) groups is 1. The van der Waals surface area contributed by atoms with Crippen LogP contribution in [0.15, 0.2) is 48.7 Å². The van der Waals surface area contributed by atoms with Gasteiger partial charge >= 0.3 is 0 Å². The molecule has 0 amide bonds. The SMILES string of the molecule is COc1cc(Nc2ncccc2/C=C/C(=O)c2cc(OC)c(OC)c(OC)c2)cc(OC)c1OC. The summed E-state index contributed by atoms with van der Waals surface area (Å²) in [6, 6.07) is 10.4. The van der Waals surface area contributed by atoms with Gasteiger partial charge in [0.25, 0.3) is 0 Å². The largest absolute Gasteiger partial charge is 0.493 e. The van der Waals surface area contributed by atoms with Crippen LogP contribution in [0.3, 0.4) is 0 Å². The van der Waals surface area contributed by atoms with Gasteiger partial charge in [-0.15, -0.1) is 0 Å².